The molecule has 0 fully saturated rings. The molecule has 36 heavy (non-hydrogen) atoms. The fraction of sp³-hybridized carbons (Fsp3) is 0.0909. The third-order valence-corrected chi connectivity index (χ3v) is 7.16. The Morgan fingerprint density at radius 2 is 1.31 bits per heavy atom. The van der Waals surface area contributed by atoms with E-state index in [-0.39, 0.29) is 5.41 Å². The van der Waals surface area contributed by atoms with Gasteiger partial charge in [0.05, 0.1) is 22.6 Å². The van der Waals surface area contributed by atoms with Crippen molar-refractivity contribution < 1.29 is 0 Å². The molecular weight excluding hydrogens is 438 g/mol. The molecule has 0 spiro atoms. The highest BCUT2D eigenvalue weighted by atomic mass is 15.2. The first-order chi connectivity index (χ1) is 17.6. The number of nitrogens with zero attached hydrogens (tertiary/aromatic N) is 3. The van der Waals surface area contributed by atoms with E-state index in [2.05, 4.69) is 115 Å². The molecule has 3 nitrogen and oxygen atoms in total. The van der Waals surface area contributed by atoms with Crippen molar-refractivity contribution in [2.24, 2.45) is 0 Å². The smallest absolute Gasteiger partial charge is 0.101 e. The summed E-state index contributed by atoms with van der Waals surface area (Å²) in [6.07, 6.45) is 1.73. The maximum atomic E-state index is 9.44. The SMILES string of the molecule is CC1(C)c2ccccc2N(c2cccc(-c3ccc(-c4ncccc4C#N)cc3)c2)c2ccccc21. The molecule has 1 aromatic heterocycles. The van der Waals surface area contributed by atoms with Crippen molar-refractivity contribution in [1.29, 1.82) is 5.26 Å². The van der Waals surface area contributed by atoms with Crippen molar-refractivity contribution in [3.05, 3.63) is 132 Å². The summed E-state index contributed by atoms with van der Waals surface area (Å²) in [7, 11) is 0. The molecule has 0 amide bonds. The molecule has 0 saturated carbocycles. The van der Waals surface area contributed by atoms with E-state index in [0.29, 0.717) is 11.3 Å². The van der Waals surface area contributed by atoms with Crippen LogP contribution in [0, 0.1) is 11.3 Å². The Kier molecular flexibility index (Phi) is 5.16. The lowest BCUT2D eigenvalue weighted by molar-refractivity contribution is 0.632. The highest BCUT2D eigenvalue weighted by molar-refractivity contribution is 5.87. The van der Waals surface area contributed by atoms with Crippen LogP contribution < -0.4 is 4.90 Å². The van der Waals surface area contributed by atoms with Crippen molar-refractivity contribution in [2.75, 3.05) is 4.90 Å². The van der Waals surface area contributed by atoms with E-state index in [1.54, 1.807) is 18.3 Å². The zero-order chi connectivity index (χ0) is 24.7. The lowest BCUT2D eigenvalue weighted by Crippen LogP contribution is -2.30. The topological polar surface area (TPSA) is 39.9 Å². The van der Waals surface area contributed by atoms with Crippen molar-refractivity contribution in [2.45, 2.75) is 19.3 Å². The molecule has 3 heteroatoms. The average Bonchev–Trinajstić information content (AvgIpc) is 2.93. The second-order valence-corrected chi connectivity index (χ2v) is 9.63. The number of pyridine rings is 1. The van der Waals surface area contributed by atoms with Gasteiger partial charge in [-0.1, -0.05) is 86.6 Å². The Balaban J connectivity index is 1.43. The minimum Gasteiger partial charge on any atom is -0.310 e. The minimum atomic E-state index is -0.0785. The van der Waals surface area contributed by atoms with Crippen LogP contribution in [0.2, 0.25) is 0 Å². The zero-order valence-corrected chi connectivity index (χ0v) is 20.3. The molecule has 0 N–H and O–H groups in total. The van der Waals surface area contributed by atoms with Crippen LogP contribution in [0.15, 0.2) is 115 Å². The largest absolute Gasteiger partial charge is 0.310 e. The fourth-order valence-corrected chi connectivity index (χ4v) is 5.32. The Morgan fingerprint density at radius 1 is 0.667 bits per heavy atom. The first-order valence-corrected chi connectivity index (χ1v) is 12.1. The molecule has 0 atom stereocenters. The van der Waals surface area contributed by atoms with E-state index < -0.39 is 0 Å². The van der Waals surface area contributed by atoms with Crippen LogP contribution in [0.1, 0.15) is 30.5 Å². The van der Waals surface area contributed by atoms with Crippen molar-refractivity contribution in [1.82, 2.24) is 4.98 Å². The van der Waals surface area contributed by atoms with E-state index in [0.717, 1.165) is 22.4 Å². The molecule has 0 radical (unpaired) electrons. The molecule has 1 aliphatic rings. The van der Waals surface area contributed by atoms with E-state index in [9.17, 15) is 5.26 Å². The number of aromatic nitrogens is 1. The van der Waals surface area contributed by atoms with Gasteiger partial charge in [0.2, 0.25) is 0 Å². The van der Waals surface area contributed by atoms with Gasteiger partial charge >= 0.3 is 0 Å². The molecule has 0 unspecified atom stereocenters. The van der Waals surface area contributed by atoms with Gasteiger partial charge in [-0.25, -0.2) is 0 Å². The molecule has 172 valence electrons. The lowest BCUT2D eigenvalue weighted by atomic mass is 9.73. The van der Waals surface area contributed by atoms with Gasteiger partial charge in [0.1, 0.15) is 6.07 Å². The Morgan fingerprint density at radius 3 is 1.97 bits per heavy atom. The molecule has 2 heterocycles. The normalized spacial score (nSPS) is 13.4. The monoisotopic (exact) mass is 463 g/mol. The summed E-state index contributed by atoms with van der Waals surface area (Å²) >= 11 is 0. The molecule has 0 saturated heterocycles. The van der Waals surface area contributed by atoms with Gasteiger partial charge in [0.15, 0.2) is 0 Å². The van der Waals surface area contributed by atoms with Gasteiger partial charge < -0.3 is 4.90 Å². The van der Waals surface area contributed by atoms with Gasteiger partial charge in [-0.2, -0.15) is 5.26 Å². The molecule has 6 rings (SSSR count). The van der Waals surface area contributed by atoms with Crippen LogP contribution in [0.25, 0.3) is 22.4 Å². The number of para-hydroxylation sites is 2. The summed E-state index contributed by atoms with van der Waals surface area (Å²) in [6.45, 7) is 4.61. The Hall–Kier alpha value is -4.68. The molecule has 0 bridgehead atoms. The quantitative estimate of drug-likeness (QED) is 0.270. The highest BCUT2D eigenvalue weighted by Gasteiger charge is 2.36. The summed E-state index contributed by atoms with van der Waals surface area (Å²) in [5.74, 6) is 0. The third kappa shape index (κ3) is 3.47. The molecule has 1 aliphatic heterocycles. The van der Waals surface area contributed by atoms with E-state index in [1.807, 2.05) is 12.1 Å². The Labute approximate surface area is 211 Å². The summed E-state index contributed by atoms with van der Waals surface area (Å²) in [5.41, 5.74) is 10.6. The number of fused-ring (bicyclic) bond motifs is 2. The molecule has 4 aromatic carbocycles. The third-order valence-electron chi connectivity index (χ3n) is 7.16. The predicted molar refractivity (Wildman–Crippen MR) is 147 cm³/mol. The predicted octanol–water partition coefficient (Wildman–Crippen LogP) is 8.40. The van der Waals surface area contributed by atoms with Crippen molar-refractivity contribution in [3.8, 4) is 28.5 Å². The van der Waals surface area contributed by atoms with Gasteiger partial charge in [-0.15, -0.1) is 0 Å². The maximum Gasteiger partial charge on any atom is 0.101 e. The summed E-state index contributed by atoms with van der Waals surface area (Å²) in [6, 6.07) is 40.2. The standard InChI is InChI=1S/C33H25N3/c1-33(2)28-12-3-5-14-30(28)36(31-15-6-4-13-29(31)33)27-11-7-9-25(21-27)23-16-18-24(19-17-23)32-26(22-34)10-8-20-35-32/h3-21H,1-2H3. The number of benzene rings is 4. The number of nitriles is 1. The van der Waals surface area contributed by atoms with Crippen LogP contribution in [-0.2, 0) is 5.41 Å². The van der Waals surface area contributed by atoms with Crippen LogP contribution in [0.3, 0.4) is 0 Å². The zero-order valence-electron chi connectivity index (χ0n) is 20.3. The first-order valence-electron chi connectivity index (χ1n) is 12.1. The van der Waals surface area contributed by atoms with Crippen LogP contribution in [0.5, 0.6) is 0 Å². The summed E-state index contributed by atoms with van der Waals surface area (Å²) < 4.78 is 0. The van der Waals surface area contributed by atoms with E-state index >= 15 is 0 Å². The van der Waals surface area contributed by atoms with Gasteiger partial charge in [0.25, 0.3) is 0 Å². The second kappa shape index (κ2) is 8.52. The Bertz CT molecular complexity index is 1570. The van der Waals surface area contributed by atoms with Gasteiger partial charge in [0, 0.05) is 22.9 Å². The van der Waals surface area contributed by atoms with Gasteiger partial charge in [-0.3, -0.25) is 4.98 Å². The van der Waals surface area contributed by atoms with Crippen LogP contribution in [0.4, 0.5) is 17.1 Å². The van der Waals surface area contributed by atoms with E-state index in [1.165, 1.54) is 22.5 Å². The summed E-state index contributed by atoms with van der Waals surface area (Å²) in [4.78, 5) is 6.80. The number of anilines is 3. The minimum absolute atomic E-state index is 0.0785. The van der Waals surface area contributed by atoms with Crippen molar-refractivity contribution >= 4 is 17.1 Å². The fourth-order valence-electron chi connectivity index (χ4n) is 5.32. The molecule has 5 aromatic rings. The molecule has 0 aliphatic carbocycles. The number of hydrogen-bond donors (Lipinski definition) is 0. The highest BCUT2D eigenvalue weighted by Crippen LogP contribution is 2.51. The second-order valence-electron chi connectivity index (χ2n) is 9.63. The average molecular weight is 464 g/mol. The number of hydrogen-bond acceptors (Lipinski definition) is 3. The maximum absolute atomic E-state index is 9.44. The van der Waals surface area contributed by atoms with Crippen LogP contribution in [-0.4, -0.2) is 4.98 Å². The lowest BCUT2D eigenvalue weighted by Gasteiger charge is -2.42. The van der Waals surface area contributed by atoms with E-state index in [4.69, 9.17) is 0 Å². The van der Waals surface area contributed by atoms with Gasteiger partial charge in [-0.05, 0) is 58.7 Å². The number of rotatable bonds is 3. The molecular formula is C33H25N3. The first kappa shape index (κ1) is 21.8. The van der Waals surface area contributed by atoms with Crippen molar-refractivity contribution in [3.63, 3.8) is 0 Å². The van der Waals surface area contributed by atoms with Crippen LogP contribution >= 0.6 is 0 Å². The summed E-state index contributed by atoms with van der Waals surface area (Å²) in [5, 5.41) is 9.44.